The summed E-state index contributed by atoms with van der Waals surface area (Å²) in [6.45, 7) is 22.6. The van der Waals surface area contributed by atoms with E-state index in [1.807, 2.05) is 43.4 Å². The van der Waals surface area contributed by atoms with Gasteiger partial charge in [-0.15, -0.1) is 0 Å². The van der Waals surface area contributed by atoms with E-state index in [4.69, 9.17) is 4.43 Å². The fourth-order valence-corrected chi connectivity index (χ4v) is 51.1. The van der Waals surface area contributed by atoms with Crippen LogP contribution < -0.4 is 4.43 Å². The molecule has 1 aromatic carbocycles. The molecule has 0 spiro atoms. The van der Waals surface area contributed by atoms with Gasteiger partial charge < -0.3 is 8.53 Å². The lowest BCUT2D eigenvalue weighted by molar-refractivity contribution is 0.538. The van der Waals surface area contributed by atoms with E-state index in [0.717, 1.165) is 5.75 Å². The number of rotatable bonds is 6. The maximum absolute atomic E-state index is 16.1. The van der Waals surface area contributed by atoms with Gasteiger partial charge in [0, 0.05) is 20.1 Å². The third-order valence-corrected chi connectivity index (χ3v) is 38.3. The molecule has 0 saturated carbocycles. The third kappa shape index (κ3) is 3.60. The van der Waals surface area contributed by atoms with Crippen molar-refractivity contribution >= 4 is 32.9 Å². The molecule has 0 aliphatic carbocycles. The van der Waals surface area contributed by atoms with Gasteiger partial charge in [-0.1, -0.05) is 57.5 Å². The first-order valence-electron chi connectivity index (χ1n) is 8.51. The highest BCUT2D eigenvalue weighted by molar-refractivity contribution is 7.27. The van der Waals surface area contributed by atoms with Gasteiger partial charge in [-0.05, 0) is 38.3 Å². The zero-order chi connectivity index (χ0) is 18.3. The molecule has 0 amide bonds. The molecule has 0 radical (unpaired) electrons. The van der Waals surface area contributed by atoms with Crippen LogP contribution in [0.25, 0.3) is 0 Å². The summed E-state index contributed by atoms with van der Waals surface area (Å²) in [6.07, 6.45) is 0. The van der Waals surface area contributed by atoms with Gasteiger partial charge in [-0.3, -0.25) is 0 Å². The van der Waals surface area contributed by atoms with E-state index in [1.54, 1.807) is 0 Å². The van der Waals surface area contributed by atoms with Gasteiger partial charge >= 0.3 is 0 Å². The third-order valence-electron chi connectivity index (χ3n) is 5.16. The van der Waals surface area contributed by atoms with Crippen molar-refractivity contribution in [2.75, 3.05) is 0 Å². The quantitative estimate of drug-likeness (QED) is 0.401. The zero-order valence-electron chi connectivity index (χ0n) is 16.7. The molecule has 0 unspecified atom stereocenters. The minimum Gasteiger partial charge on any atom is -0.544 e. The predicted octanol–water partition coefficient (Wildman–Crippen LogP) is 6.48. The maximum atomic E-state index is 16.1. The fraction of sp³-hybridized carbons (Fsp3) is 0.647. The van der Waals surface area contributed by atoms with Gasteiger partial charge in [0.05, 0.1) is 0 Å². The molecule has 0 fully saturated rings. The SMILES string of the molecule is C[Si](C)(C)C([Si](C)(C)C)([Si](C)(C)F)[Si](C)(C)Oc1ccccc1. The second kappa shape index (κ2) is 6.27. The van der Waals surface area contributed by atoms with E-state index in [9.17, 15) is 0 Å². The molecule has 0 aliphatic rings. The Labute approximate surface area is 147 Å². The summed E-state index contributed by atoms with van der Waals surface area (Å²) < 4.78 is 22.5. The molecule has 0 aromatic heterocycles. The summed E-state index contributed by atoms with van der Waals surface area (Å²) in [4.78, 5) is 0. The van der Waals surface area contributed by atoms with Gasteiger partial charge in [0.1, 0.15) is 5.75 Å². The first-order valence-corrected chi connectivity index (χ1v) is 21.3. The van der Waals surface area contributed by atoms with Gasteiger partial charge in [-0.2, -0.15) is 0 Å². The molecule has 0 aliphatic heterocycles. The standard InChI is InChI=1S/C17H35FOSi4/c1-20(2,3)17(21(4,5)6,22(7,8)18)23(9,10)19-16-14-12-11-13-15-16/h11-15H,1-10H3. The summed E-state index contributed by atoms with van der Waals surface area (Å²) >= 11 is 0. The average molecular weight is 387 g/mol. The van der Waals surface area contributed by atoms with E-state index in [0.29, 0.717) is 0 Å². The van der Waals surface area contributed by atoms with Crippen molar-refractivity contribution in [3.05, 3.63) is 30.3 Å². The van der Waals surface area contributed by atoms with Crippen molar-refractivity contribution < 1.29 is 8.53 Å². The van der Waals surface area contributed by atoms with Crippen LogP contribution in [-0.2, 0) is 0 Å². The molecule has 0 heterocycles. The number of hydrogen-bond acceptors (Lipinski definition) is 1. The van der Waals surface area contributed by atoms with Crippen LogP contribution in [0.5, 0.6) is 5.75 Å². The highest BCUT2D eigenvalue weighted by Crippen LogP contribution is 2.60. The van der Waals surface area contributed by atoms with Crippen molar-refractivity contribution in [2.45, 2.75) is 69.4 Å². The summed E-state index contributed by atoms with van der Waals surface area (Å²) in [6, 6.07) is 10.0. The molecule has 1 nitrogen and oxygen atoms in total. The number of para-hydroxylation sites is 1. The molecule has 0 bridgehead atoms. The maximum Gasteiger partial charge on any atom is 0.246 e. The number of benzene rings is 1. The molecule has 6 heteroatoms. The van der Waals surface area contributed by atoms with E-state index in [1.165, 1.54) is 0 Å². The molecule has 0 saturated heterocycles. The fourth-order valence-electron chi connectivity index (χ4n) is 6.29. The van der Waals surface area contributed by atoms with Crippen molar-refractivity contribution in [1.82, 2.24) is 0 Å². The second-order valence-corrected chi connectivity index (χ2v) is 30.8. The van der Waals surface area contributed by atoms with Crippen LogP contribution in [-0.4, -0.2) is 32.9 Å². The molecular weight excluding hydrogens is 352 g/mol. The van der Waals surface area contributed by atoms with E-state index < -0.39 is 32.9 Å². The first-order chi connectivity index (χ1) is 10.1. The Balaban J connectivity index is 3.62. The lowest BCUT2D eigenvalue weighted by Gasteiger charge is -2.62. The van der Waals surface area contributed by atoms with Gasteiger partial charge in [0.25, 0.3) is 0 Å². The predicted molar refractivity (Wildman–Crippen MR) is 113 cm³/mol. The lowest BCUT2D eigenvalue weighted by atomic mass is 10.3. The minimum atomic E-state index is -2.94. The monoisotopic (exact) mass is 386 g/mol. The molecule has 132 valence electrons. The van der Waals surface area contributed by atoms with Crippen molar-refractivity contribution in [3.63, 3.8) is 0 Å². The van der Waals surface area contributed by atoms with E-state index >= 15 is 4.11 Å². The van der Waals surface area contributed by atoms with Crippen molar-refractivity contribution in [2.24, 2.45) is 0 Å². The van der Waals surface area contributed by atoms with Crippen LogP contribution in [0.4, 0.5) is 4.11 Å². The van der Waals surface area contributed by atoms with Crippen LogP contribution in [0.1, 0.15) is 0 Å². The van der Waals surface area contributed by atoms with E-state index in [-0.39, 0.29) is 3.91 Å². The highest BCUT2D eigenvalue weighted by atomic mass is 28.5. The van der Waals surface area contributed by atoms with Crippen LogP contribution in [0, 0.1) is 0 Å². The van der Waals surface area contributed by atoms with Crippen LogP contribution in [0.2, 0.25) is 69.4 Å². The van der Waals surface area contributed by atoms with Crippen molar-refractivity contribution in [1.29, 1.82) is 0 Å². The van der Waals surface area contributed by atoms with Crippen LogP contribution in [0.15, 0.2) is 30.3 Å². The summed E-state index contributed by atoms with van der Waals surface area (Å²) in [7, 11) is -8.88. The normalized spacial score (nSPS) is 14.7. The van der Waals surface area contributed by atoms with Crippen LogP contribution in [0.3, 0.4) is 0 Å². The zero-order valence-corrected chi connectivity index (χ0v) is 20.7. The Morgan fingerprint density at radius 2 is 1.13 bits per heavy atom. The second-order valence-electron chi connectivity index (χ2n) is 9.65. The Morgan fingerprint density at radius 3 is 1.43 bits per heavy atom. The lowest BCUT2D eigenvalue weighted by Crippen LogP contribution is -2.77. The Bertz CT molecular complexity index is 488. The Morgan fingerprint density at radius 1 is 0.739 bits per heavy atom. The van der Waals surface area contributed by atoms with Gasteiger partial charge in [0.2, 0.25) is 16.7 Å². The smallest absolute Gasteiger partial charge is 0.246 e. The molecule has 0 atom stereocenters. The first kappa shape index (κ1) is 20.9. The molecule has 1 rings (SSSR count). The Kier molecular flexibility index (Phi) is 5.69. The largest absolute Gasteiger partial charge is 0.544 e. The highest BCUT2D eigenvalue weighted by Gasteiger charge is 2.72. The van der Waals surface area contributed by atoms with Crippen molar-refractivity contribution in [3.8, 4) is 5.75 Å². The van der Waals surface area contributed by atoms with E-state index in [2.05, 4.69) is 52.4 Å². The van der Waals surface area contributed by atoms with Gasteiger partial charge in [-0.25, -0.2) is 0 Å². The Hall–Kier alpha value is -0.182. The molecule has 0 N–H and O–H groups in total. The molecule has 23 heavy (non-hydrogen) atoms. The average Bonchev–Trinajstić information content (AvgIpc) is 2.22. The molecule has 1 aromatic rings. The minimum absolute atomic E-state index is 0.171. The van der Waals surface area contributed by atoms with Crippen LogP contribution >= 0.6 is 0 Å². The summed E-state index contributed by atoms with van der Waals surface area (Å²) in [5.41, 5.74) is 0. The summed E-state index contributed by atoms with van der Waals surface area (Å²) in [5.74, 6) is 0.906. The summed E-state index contributed by atoms with van der Waals surface area (Å²) in [5, 5.41) is 0. The number of halogens is 1. The topological polar surface area (TPSA) is 9.23 Å². The van der Waals surface area contributed by atoms with Gasteiger partial charge in [0.15, 0.2) is 0 Å². The number of hydrogen-bond donors (Lipinski definition) is 0. The molecular formula is C17H35FOSi4.